The van der Waals surface area contributed by atoms with Crippen molar-refractivity contribution in [1.29, 1.82) is 0 Å². The van der Waals surface area contributed by atoms with Crippen molar-refractivity contribution in [3.8, 4) is 0 Å². The number of thioether (sulfide) groups is 1. The number of urea groups is 1. The summed E-state index contributed by atoms with van der Waals surface area (Å²) >= 11 is 1.89. The van der Waals surface area contributed by atoms with Gasteiger partial charge in [-0.1, -0.05) is 6.92 Å². The molecule has 0 aromatic heterocycles. The van der Waals surface area contributed by atoms with E-state index in [4.69, 9.17) is 0 Å². The minimum Gasteiger partial charge on any atom is -0.320 e. The lowest BCUT2D eigenvalue weighted by molar-refractivity contribution is -0.125. The molecule has 5 heteroatoms. The average molecular weight is 228 g/mol. The Morgan fingerprint density at radius 2 is 2.27 bits per heavy atom. The van der Waals surface area contributed by atoms with Crippen molar-refractivity contribution >= 4 is 23.7 Å². The van der Waals surface area contributed by atoms with Crippen LogP contribution in [0.4, 0.5) is 4.79 Å². The van der Waals surface area contributed by atoms with Gasteiger partial charge < -0.3 is 4.90 Å². The fourth-order valence-corrected chi connectivity index (χ4v) is 3.20. The summed E-state index contributed by atoms with van der Waals surface area (Å²) in [6, 6.07) is 0.116. The van der Waals surface area contributed by atoms with Gasteiger partial charge >= 0.3 is 6.03 Å². The molecule has 2 aliphatic heterocycles. The lowest BCUT2D eigenvalue weighted by atomic mass is 10.1. The van der Waals surface area contributed by atoms with Crippen LogP contribution in [0.25, 0.3) is 0 Å². The molecule has 0 saturated carbocycles. The van der Waals surface area contributed by atoms with Crippen LogP contribution < -0.4 is 5.32 Å². The molecule has 84 valence electrons. The molecule has 1 N–H and O–H groups in total. The highest BCUT2D eigenvalue weighted by Gasteiger charge is 2.34. The van der Waals surface area contributed by atoms with Gasteiger partial charge in [-0.15, -0.1) is 0 Å². The van der Waals surface area contributed by atoms with Crippen LogP contribution >= 0.6 is 11.8 Å². The van der Waals surface area contributed by atoms with Gasteiger partial charge in [0.05, 0.1) is 5.92 Å². The topological polar surface area (TPSA) is 49.4 Å². The summed E-state index contributed by atoms with van der Waals surface area (Å²) in [6.45, 7) is 2.45. The lowest BCUT2D eigenvalue weighted by Crippen LogP contribution is -2.58. The molecule has 0 aliphatic carbocycles. The van der Waals surface area contributed by atoms with Crippen molar-refractivity contribution in [2.45, 2.75) is 25.8 Å². The molecule has 4 nitrogen and oxygen atoms in total. The quantitative estimate of drug-likeness (QED) is 0.730. The van der Waals surface area contributed by atoms with Gasteiger partial charge in [-0.05, 0) is 18.6 Å². The summed E-state index contributed by atoms with van der Waals surface area (Å²) in [5.41, 5.74) is 0. The summed E-state index contributed by atoms with van der Waals surface area (Å²) in [5, 5.41) is 2.42. The maximum Gasteiger partial charge on any atom is 0.324 e. The zero-order valence-corrected chi connectivity index (χ0v) is 9.68. The Labute approximate surface area is 93.8 Å². The number of nitrogens with zero attached hydrogens (tertiary/aromatic N) is 1. The van der Waals surface area contributed by atoms with Crippen molar-refractivity contribution < 1.29 is 9.59 Å². The van der Waals surface area contributed by atoms with Crippen LogP contribution in [0.2, 0.25) is 0 Å². The van der Waals surface area contributed by atoms with E-state index in [1.165, 1.54) is 12.2 Å². The molecule has 0 spiro atoms. The van der Waals surface area contributed by atoms with E-state index in [0.717, 1.165) is 12.2 Å². The minimum absolute atomic E-state index is 0.0744. The van der Waals surface area contributed by atoms with Crippen molar-refractivity contribution in [2.24, 2.45) is 5.92 Å². The van der Waals surface area contributed by atoms with Crippen LogP contribution in [0, 0.1) is 5.92 Å². The van der Waals surface area contributed by atoms with E-state index in [0.29, 0.717) is 12.6 Å². The minimum atomic E-state index is -0.203. The Balaban J connectivity index is 2.01. The molecule has 0 radical (unpaired) electrons. The Hall–Kier alpha value is -0.710. The monoisotopic (exact) mass is 228 g/mol. The normalized spacial score (nSPS) is 32.7. The van der Waals surface area contributed by atoms with Gasteiger partial charge in [-0.2, -0.15) is 11.8 Å². The number of hydrogen-bond acceptors (Lipinski definition) is 3. The predicted octanol–water partition coefficient (Wildman–Crippen LogP) is 1.07. The maximum atomic E-state index is 11.6. The van der Waals surface area contributed by atoms with E-state index < -0.39 is 0 Å². The molecule has 2 rings (SSSR count). The van der Waals surface area contributed by atoms with Crippen LogP contribution in [0.3, 0.4) is 0 Å². The lowest BCUT2D eigenvalue weighted by Gasteiger charge is -2.38. The molecule has 2 heterocycles. The third-order valence-corrected chi connectivity index (χ3v) is 4.18. The van der Waals surface area contributed by atoms with Gasteiger partial charge in [0.2, 0.25) is 5.91 Å². The van der Waals surface area contributed by atoms with Crippen molar-refractivity contribution in [3.05, 3.63) is 0 Å². The number of imide groups is 1. The second kappa shape index (κ2) is 4.43. The van der Waals surface area contributed by atoms with Gasteiger partial charge in [0, 0.05) is 18.3 Å². The van der Waals surface area contributed by atoms with E-state index in [9.17, 15) is 9.59 Å². The van der Waals surface area contributed by atoms with Crippen LogP contribution in [-0.2, 0) is 4.79 Å². The van der Waals surface area contributed by atoms with Crippen LogP contribution in [0.15, 0.2) is 0 Å². The summed E-state index contributed by atoms with van der Waals surface area (Å²) < 4.78 is 0. The fourth-order valence-electron chi connectivity index (χ4n) is 2.05. The smallest absolute Gasteiger partial charge is 0.320 e. The standard InChI is InChI=1S/C10H16N2O2S/c1-7-5-12(10(14)11-9(7)13)8-3-2-4-15-6-8/h7-8H,2-6H2,1H3,(H,11,13,14). The van der Waals surface area contributed by atoms with Gasteiger partial charge in [0.15, 0.2) is 0 Å². The number of hydrogen-bond donors (Lipinski definition) is 1. The molecule has 2 atom stereocenters. The molecule has 2 aliphatic rings. The Bertz CT molecular complexity index is 277. The van der Waals surface area contributed by atoms with Crippen LogP contribution in [-0.4, -0.2) is 40.9 Å². The highest BCUT2D eigenvalue weighted by molar-refractivity contribution is 7.99. The Morgan fingerprint density at radius 1 is 1.47 bits per heavy atom. The first-order valence-electron chi connectivity index (χ1n) is 5.37. The molecule has 0 aromatic carbocycles. The second-order valence-electron chi connectivity index (χ2n) is 4.22. The van der Waals surface area contributed by atoms with Gasteiger partial charge in [-0.3, -0.25) is 10.1 Å². The number of rotatable bonds is 1. The number of carbonyl (C=O) groups excluding carboxylic acids is 2. The first kappa shape index (κ1) is 10.8. The van der Waals surface area contributed by atoms with Gasteiger partial charge in [0.1, 0.15) is 0 Å². The SMILES string of the molecule is CC1CN(C2CCCSC2)C(=O)NC1=O. The predicted molar refractivity (Wildman–Crippen MR) is 59.8 cm³/mol. The zero-order valence-electron chi connectivity index (χ0n) is 8.86. The largest absolute Gasteiger partial charge is 0.324 e. The van der Waals surface area contributed by atoms with Gasteiger partial charge in [0.25, 0.3) is 0 Å². The molecular weight excluding hydrogens is 212 g/mol. The Kier molecular flexibility index (Phi) is 3.19. The van der Waals surface area contributed by atoms with Crippen molar-refractivity contribution in [2.75, 3.05) is 18.1 Å². The van der Waals surface area contributed by atoms with Crippen molar-refractivity contribution in [3.63, 3.8) is 0 Å². The summed E-state index contributed by atoms with van der Waals surface area (Å²) in [7, 11) is 0. The summed E-state index contributed by atoms with van der Waals surface area (Å²) in [4.78, 5) is 24.7. The van der Waals surface area contributed by atoms with Crippen LogP contribution in [0.1, 0.15) is 19.8 Å². The highest BCUT2D eigenvalue weighted by Crippen LogP contribution is 2.23. The second-order valence-corrected chi connectivity index (χ2v) is 5.37. The molecule has 3 amide bonds. The molecule has 0 aromatic rings. The average Bonchev–Trinajstić information content (AvgIpc) is 2.25. The third kappa shape index (κ3) is 2.27. The molecule has 2 saturated heterocycles. The number of nitrogens with one attached hydrogen (secondary N) is 1. The molecule has 2 fully saturated rings. The third-order valence-electron chi connectivity index (χ3n) is 2.99. The number of amides is 3. The highest BCUT2D eigenvalue weighted by atomic mass is 32.2. The van der Waals surface area contributed by atoms with Crippen LogP contribution in [0.5, 0.6) is 0 Å². The fraction of sp³-hybridized carbons (Fsp3) is 0.800. The molecular formula is C10H16N2O2S. The first-order valence-corrected chi connectivity index (χ1v) is 6.53. The number of carbonyl (C=O) groups is 2. The molecule has 2 unspecified atom stereocenters. The molecule has 0 bridgehead atoms. The van der Waals surface area contributed by atoms with Crippen molar-refractivity contribution in [1.82, 2.24) is 10.2 Å². The maximum absolute atomic E-state index is 11.6. The van der Waals surface area contributed by atoms with Gasteiger partial charge in [-0.25, -0.2) is 4.79 Å². The molecule has 15 heavy (non-hydrogen) atoms. The summed E-state index contributed by atoms with van der Waals surface area (Å²) in [5.74, 6) is 1.99. The zero-order chi connectivity index (χ0) is 10.8. The van der Waals surface area contributed by atoms with E-state index in [2.05, 4.69) is 5.32 Å². The van der Waals surface area contributed by atoms with E-state index in [1.54, 1.807) is 0 Å². The van der Waals surface area contributed by atoms with E-state index >= 15 is 0 Å². The first-order chi connectivity index (χ1) is 7.18. The van der Waals surface area contributed by atoms with E-state index in [1.807, 2.05) is 23.6 Å². The van der Waals surface area contributed by atoms with E-state index in [-0.39, 0.29) is 17.9 Å². The Morgan fingerprint density at radius 3 is 2.93 bits per heavy atom. The summed E-state index contributed by atoms with van der Waals surface area (Å²) in [6.07, 6.45) is 2.24.